The molecule has 0 saturated heterocycles. The van der Waals surface area contributed by atoms with Gasteiger partial charge in [0.2, 0.25) is 0 Å². The first-order valence-electron chi connectivity index (χ1n) is 2.87. The Morgan fingerprint density at radius 3 is 2.73 bits per heavy atom. The number of carbonyl (C=O) groups is 1. The van der Waals surface area contributed by atoms with E-state index >= 15 is 0 Å². The zero-order valence-electron chi connectivity index (χ0n) is 5.52. The fourth-order valence-electron chi connectivity index (χ4n) is 0.699. The van der Waals surface area contributed by atoms with Crippen LogP contribution >= 0.6 is 0 Å². The Bertz CT molecular complexity index is 269. The summed E-state index contributed by atoms with van der Waals surface area (Å²) in [5, 5.41) is 17.1. The van der Waals surface area contributed by atoms with Gasteiger partial charge in [0.15, 0.2) is 12.0 Å². The van der Waals surface area contributed by atoms with E-state index in [4.69, 9.17) is 10.4 Å². The third-order valence-corrected chi connectivity index (χ3v) is 1.22. The monoisotopic (exact) mass is 154 g/mol. The maximum atomic E-state index is 10.2. The van der Waals surface area contributed by atoms with E-state index in [1.165, 1.54) is 12.1 Å². The number of phenols is 1. The van der Waals surface area contributed by atoms with Gasteiger partial charge >= 0.3 is 0 Å². The van der Waals surface area contributed by atoms with Crippen LogP contribution in [0.5, 0.6) is 11.5 Å². The number of carbonyl (C=O) groups excluding carboxylic acids is 1. The number of phenolic OH excluding ortho intramolecular Hbond substituents is 1. The highest BCUT2D eigenvalue weighted by atomic mass is 17.1. The van der Waals surface area contributed by atoms with Crippen LogP contribution in [0.4, 0.5) is 0 Å². The minimum Gasteiger partial charge on any atom is -0.508 e. The smallest absolute Gasteiger partial charge is 0.179 e. The SMILES string of the molecule is O=Cc1ccc(O)cc1OO. The minimum absolute atomic E-state index is 0.0556. The van der Waals surface area contributed by atoms with Crippen LogP contribution in [-0.2, 0) is 0 Å². The van der Waals surface area contributed by atoms with Crippen LogP contribution < -0.4 is 4.89 Å². The van der Waals surface area contributed by atoms with Gasteiger partial charge in [0.25, 0.3) is 0 Å². The van der Waals surface area contributed by atoms with Crippen LogP contribution in [0.25, 0.3) is 0 Å². The van der Waals surface area contributed by atoms with Crippen molar-refractivity contribution in [2.75, 3.05) is 0 Å². The second kappa shape index (κ2) is 3.03. The van der Waals surface area contributed by atoms with E-state index in [1.807, 2.05) is 0 Å². The molecule has 0 amide bonds. The Kier molecular flexibility index (Phi) is 2.08. The number of hydrogen-bond donors (Lipinski definition) is 2. The van der Waals surface area contributed by atoms with Gasteiger partial charge in [-0.25, -0.2) is 5.26 Å². The molecule has 1 rings (SSSR count). The molecule has 0 fully saturated rings. The molecule has 0 unspecified atom stereocenters. The lowest BCUT2D eigenvalue weighted by Crippen LogP contribution is -1.89. The van der Waals surface area contributed by atoms with Crippen molar-refractivity contribution in [3.63, 3.8) is 0 Å². The van der Waals surface area contributed by atoms with E-state index in [0.29, 0.717) is 6.29 Å². The number of aromatic hydroxyl groups is 1. The predicted octanol–water partition coefficient (Wildman–Crippen LogP) is 1.06. The molecule has 0 aromatic heterocycles. The average molecular weight is 154 g/mol. The zero-order valence-corrected chi connectivity index (χ0v) is 5.52. The standard InChI is InChI=1S/C7H6O4/c8-4-5-1-2-6(9)3-7(5)11-10/h1-4,9-10H. The summed E-state index contributed by atoms with van der Waals surface area (Å²) in [4.78, 5) is 14.1. The summed E-state index contributed by atoms with van der Waals surface area (Å²) >= 11 is 0. The van der Waals surface area contributed by atoms with Crippen molar-refractivity contribution in [2.24, 2.45) is 0 Å². The molecule has 1 aromatic rings. The molecule has 4 nitrogen and oxygen atoms in total. The second-order valence-electron chi connectivity index (χ2n) is 1.93. The van der Waals surface area contributed by atoms with Gasteiger partial charge in [-0.05, 0) is 12.1 Å². The third kappa shape index (κ3) is 1.47. The number of benzene rings is 1. The highest BCUT2D eigenvalue weighted by Gasteiger charge is 2.02. The Morgan fingerprint density at radius 1 is 1.45 bits per heavy atom. The van der Waals surface area contributed by atoms with E-state index in [2.05, 4.69) is 4.89 Å². The molecule has 0 aliphatic carbocycles. The van der Waals surface area contributed by atoms with Crippen LogP contribution in [0.2, 0.25) is 0 Å². The van der Waals surface area contributed by atoms with Gasteiger partial charge in [-0.15, -0.1) is 0 Å². The Balaban J connectivity index is 3.16. The molecule has 4 heteroatoms. The second-order valence-corrected chi connectivity index (χ2v) is 1.93. The summed E-state index contributed by atoms with van der Waals surface area (Å²) in [5.74, 6) is -0.125. The van der Waals surface area contributed by atoms with Gasteiger partial charge in [0, 0.05) is 6.07 Å². The molecule has 0 aliphatic heterocycles. The van der Waals surface area contributed by atoms with E-state index in [1.54, 1.807) is 0 Å². The van der Waals surface area contributed by atoms with Crippen molar-refractivity contribution in [3.05, 3.63) is 23.8 Å². The van der Waals surface area contributed by atoms with Crippen molar-refractivity contribution in [1.29, 1.82) is 0 Å². The van der Waals surface area contributed by atoms with Gasteiger partial charge in [0.1, 0.15) is 5.75 Å². The molecule has 0 saturated carbocycles. The number of aldehydes is 1. The summed E-state index contributed by atoms with van der Waals surface area (Å²) in [6.07, 6.45) is 0.519. The largest absolute Gasteiger partial charge is 0.508 e. The highest BCUT2D eigenvalue weighted by Crippen LogP contribution is 2.21. The molecule has 0 aliphatic rings. The first kappa shape index (κ1) is 7.56. The Labute approximate surface area is 62.6 Å². The maximum Gasteiger partial charge on any atom is 0.179 e. The molecular weight excluding hydrogens is 148 g/mol. The fraction of sp³-hybridized carbons (Fsp3) is 0. The van der Waals surface area contributed by atoms with E-state index in [-0.39, 0.29) is 17.1 Å². The predicted molar refractivity (Wildman–Crippen MR) is 36.8 cm³/mol. The van der Waals surface area contributed by atoms with Crippen molar-refractivity contribution in [2.45, 2.75) is 0 Å². The first-order valence-corrected chi connectivity index (χ1v) is 2.87. The van der Waals surface area contributed by atoms with E-state index in [9.17, 15) is 4.79 Å². The Morgan fingerprint density at radius 2 is 2.18 bits per heavy atom. The summed E-state index contributed by atoms with van der Waals surface area (Å²) in [6.45, 7) is 0. The lowest BCUT2D eigenvalue weighted by atomic mass is 10.2. The molecule has 0 bridgehead atoms. The van der Waals surface area contributed by atoms with Gasteiger partial charge in [-0.2, -0.15) is 0 Å². The van der Waals surface area contributed by atoms with Crippen LogP contribution in [0.15, 0.2) is 18.2 Å². The molecular formula is C7H6O4. The number of hydrogen-bond acceptors (Lipinski definition) is 4. The molecule has 2 N–H and O–H groups in total. The molecule has 0 radical (unpaired) electrons. The van der Waals surface area contributed by atoms with Gasteiger partial charge < -0.3 is 9.99 Å². The highest BCUT2D eigenvalue weighted by molar-refractivity contribution is 5.79. The molecule has 0 spiro atoms. The summed E-state index contributed by atoms with van der Waals surface area (Å²) in [7, 11) is 0. The normalized spacial score (nSPS) is 9.18. The zero-order chi connectivity index (χ0) is 8.27. The Hall–Kier alpha value is -1.55. The van der Waals surface area contributed by atoms with Gasteiger partial charge in [-0.3, -0.25) is 4.79 Å². The average Bonchev–Trinajstić information content (AvgIpc) is 2.04. The van der Waals surface area contributed by atoms with Crippen molar-refractivity contribution in [3.8, 4) is 11.5 Å². The molecule has 0 heterocycles. The van der Waals surface area contributed by atoms with Crippen LogP contribution in [0.1, 0.15) is 10.4 Å². The molecule has 58 valence electrons. The quantitative estimate of drug-likeness (QED) is 0.379. The minimum atomic E-state index is -0.0698. The molecule has 0 atom stereocenters. The van der Waals surface area contributed by atoms with Crippen molar-refractivity contribution < 1.29 is 20.0 Å². The molecule has 11 heavy (non-hydrogen) atoms. The summed E-state index contributed by atoms with van der Waals surface area (Å²) < 4.78 is 0. The maximum absolute atomic E-state index is 10.2. The van der Waals surface area contributed by atoms with Crippen LogP contribution in [-0.4, -0.2) is 16.6 Å². The molecule has 1 aromatic carbocycles. The van der Waals surface area contributed by atoms with Crippen molar-refractivity contribution >= 4 is 6.29 Å². The summed E-state index contributed by atoms with van der Waals surface area (Å²) in [6, 6.07) is 3.81. The first-order chi connectivity index (χ1) is 5.27. The van der Waals surface area contributed by atoms with E-state index in [0.717, 1.165) is 6.07 Å². The van der Waals surface area contributed by atoms with Crippen LogP contribution in [0.3, 0.4) is 0 Å². The number of rotatable bonds is 2. The van der Waals surface area contributed by atoms with Gasteiger partial charge in [-0.1, -0.05) is 0 Å². The lowest BCUT2D eigenvalue weighted by molar-refractivity contribution is -0.138. The summed E-state index contributed by atoms with van der Waals surface area (Å²) in [5.41, 5.74) is 0.185. The fourth-order valence-corrected chi connectivity index (χ4v) is 0.699. The van der Waals surface area contributed by atoms with Crippen LogP contribution in [0, 0.1) is 0 Å². The van der Waals surface area contributed by atoms with Crippen molar-refractivity contribution in [1.82, 2.24) is 0 Å². The lowest BCUT2D eigenvalue weighted by Gasteiger charge is -1.99. The third-order valence-electron chi connectivity index (χ3n) is 1.22. The van der Waals surface area contributed by atoms with E-state index < -0.39 is 0 Å². The van der Waals surface area contributed by atoms with Gasteiger partial charge in [0.05, 0.1) is 5.56 Å². The topological polar surface area (TPSA) is 66.8 Å².